The van der Waals surface area contributed by atoms with Gasteiger partial charge in [0.05, 0.1) is 4.99 Å². The average Bonchev–Trinajstić information content (AvgIpc) is 2.60. The van der Waals surface area contributed by atoms with Crippen molar-refractivity contribution in [3.05, 3.63) is 0 Å². The molecule has 2 aliphatic rings. The van der Waals surface area contributed by atoms with Crippen LogP contribution in [0.4, 0.5) is 0 Å². The van der Waals surface area contributed by atoms with Gasteiger partial charge in [0.25, 0.3) is 0 Å². The lowest BCUT2D eigenvalue weighted by Gasteiger charge is -2.22. The number of likely N-dealkylation sites (tertiary alicyclic amines) is 1. The molecule has 0 aromatic carbocycles. The van der Waals surface area contributed by atoms with Gasteiger partial charge in [0.2, 0.25) is 0 Å². The van der Waals surface area contributed by atoms with E-state index in [4.69, 9.17) is 18.0 Å². The Morgan fingerprint density at radius 2 is 2.23 bits per heavy atom. The Morgan fingerprint density at radius 1 is 1.38 bits per heavy atom. The minimum atomic E-state index is 0.668. The molecule has 2 N–H and O–H groups in total. The van der Waals surface area contributed by atoms with E-state index in [9.17, 15) is 0 Å². The topological polar surface area (TPSA) is 29.3 Å². The van der Waals surface area contributed by atoms with Crippen molar-refractivity contribution < 1.29 is 0 Å². The summed E-state index contributed by atoms with van der Waals surface area (Å²) >= 11 is 4.90. The summed E-state index contributed by atoms with van der Waals surface area (Å²) in [6, 6.07) is 0.870. The maximum atomic E-state index is 5.51. The highest BCUT2D eigenvalue weighted by Crippen LogP contribution is 2.37. The third-order valence-corrected chi connectivity index (χ3v) is 3.72. The molecule has 74 valence electrons. The lowest BCUT2D eigenvalue weighted by molar-refractivity contribution is 0.248. The molecule has 0 spiro atoms. The quantitative estimate of drug-likeness (QED) is 0.697. The summed E-state index contributed by atoms with van der Waals surface area (Å²) < 4.78 is 0. The standard InChI is InChI=1S/C10H18N2S/c11-10(13)5-7-12-6-4-8-2-1-3-9(8)12/h8-9H,1-7H2,(H2,11,13). The number of hydrogen-bond donors (Lipinski definition) is 1. The largest absolute Gasteiger partial charge is 0.393 e. The molecule has 1 aliphatic heterocycles. The Balaban J connectivity index is 1.83. The fourth-order valence-electron chi connectivity index (χ4n) is 2.86. The zero-order valence-electron chi connectivity index (χ0n) is 8.04. The second-order valence-corrected chi connectivity index (χ2v) is 4.82. The van der Waals surface area contributed by atoms with Crippen LogP contribution >= 0.6 is 12.2 Å². The number of hydrogen-bond acceptors (Lipinski definition) is 2. The third kappa shape index (κ3) is 2.02. The van der Waals surface area contributed by atoms with Crippen LogP contribution in [0.15, 0.2) is 0 Å². The van der Waals surface area contributed by atoms with E-state index in [2.05, 4.69) is 4.90 Å². The second kappa shape index (κ2) is 3.93. The van der Waals surface area contributed by atoms with E-state index in [1.807, 2.05) is 0 Å². The van der Waals surface area contributed by atoms with E-state index < -0.39 is 0 Å². The molecule has 3 heteroatoms. The molecule has 0 aromatic rings. The highest BCUT2D eigenvalue weighted by Gasteiger charge is 2.36. The highest BCUT2D eigenvalue weighted by molar-refractivity contribution is 7.80. The Labute approximate surface area is 85.5 Å². The van der Waals surface area contributed by atoms with Crippen molar-refractivity contribution in [2.45, 2.75) is 38.1 Å². The number of nitrogens with zero attached hydrogens (tertiary/aromatic N) is 1. The molecule has 0 bridgehead atoms. The second-order valence-electron chi connectivity index (χ2n) is 4.30. The number of thiocarbonyl (C=S) groups is 1. The lowest BCUT2D eigenvalue weighted by atomic mass is 10.0. The molecule has 13 heavy (non-hydrogen) atoms. The summed E-state index contributed by atoms with van der Waals surface area (Å²) in [6.07, 6.45) is 6.59. The smallest absolute Gasteiger partial charge is 0.0740 e. The number of fused-ring (bicyclic) bond motifs is 1. The van der Waals surface area contributed by atoms with Gasteiger partial charge in [-0.15, -0.1) is 0 Å². The molecule has 2 rings (SSSR count). The van der Waals surface area contributed by atoms with Crippen molar-refractivity contribution in [2.24, 2.45) is 11.7 Å². The summed E-state index contributed by atoms with van der Waals surface area (Å²) in [6.45, 7) is 2.37. The monoisotopic (exact) mass is 198 g/mol. The van der Waals surface area contributed by atoms with Crippen molar-refractivity contribution in [3.8, 4) is 0 Å². The van der Waals surface area contributed by atoms with Crippen molar-refractivity contribution >= 4 is 17.2 Å². The van der Waals surface area contributed by atoms with E-state index in [0.717, 1.165) is 24.9 Å². The van der Waals surface area contributed by atoms with Gasteiger partial charge in [-0.2, -0.15) is 0 Å². The van der Waals surface area contributed by atoms with Crippen LogP contribution in [0.5, 0.6) is 0 Å². The van der Waals surface area contributed by atoms with Crippen LogP contribution in [0, 0.1) is 5.92 Å². The molecule has 1 heterocycles. The SMILES string of the molecule is NC(=S)CCN1CCC2CCCC21. The zero-order valence-corrected chi connectivity index (χ0v) is 8.85. The first-order valence-corrected chi connectivity index (χ1v) is 5.70. The van der Waals surface area contributed by atoms with Gasteiger partial charge in [-0.25, -0.2) is 0 Å². The van der Waals surface area contributed by atoms with Gasteiger partial charge >= 0.3 is 0 Å². The van der Waals surface area contributed by atoms with Gasteiger partial charge in [-0.3, -0.25) is 4.90 Å². The molecule has 2 atom stereocenters. The van der Waals surface area contributed by atoms with E-state index in [1.165, 1.54) is 32.2 Å². The first-order chi connectivity index (χ1) is 6.27. The zero-order chi connectivity index (χ0) is 9.26. The highest BCUT2D eigenvalue weighted by atomic mass is 32.1. The van der Waals surface area contributed by atoms with Crippen molar-refractivity contribution in [1.29, 1.82) is 0 Å². The van der Waals surface area contributed by atoms with Gasteiger partial charge in [-0.1, -0.05) is 18.6 Å². The average molecular weight is 198 g/mol. The predicted octanol–water partition coefficient (Wildman–Crippen LogP) is 1.54. The van der Waals surface area contributed by atoms with E-state index in [-0.39, 0.29) is 0 Å². The molecule has 1 saturated carbocycles. The summed E-state index contributed by atoms with van der Waals surface area (Å²) in [5.74, 6) is 0.992. The van der Waals surface area contributed by atoms with Gasteiger partial charge in [0.15, 0.2) is 0 Å². The van der Waals surface area contributed by atoms with Crippen LogP contribution < -0.4 is 5.73 Å². The molecular formula is C10H18N2S. The van der Waals surface area contributed by atoms with Crippen molar-refractivity contribution in [3.63, 3.8) is 0 Å². The van der Waals surface area contributed by atoms with Crippen molar-refractivity contribution in [2.75, 3.05) is 13.1 Å². The fourth-order valence-corrected chi connectivity index (χ4v) is 2.95. The van der Waals surface area contributed by atoms with Crippen LogP contribution in [0.25, 0.3) is 0 Å². The number of rotatable bonds is 3. The van der Waals surface area contributed by atoms with Gasteiger partial charge in [0, 0.05) is 19.0 Å². The van der Waals surface area contributed by atoms with Gasteiger partial charge in [-0.05, 0) is 31.7 Å². The van der Waals surface area contributed by atoms with Crippen LogP contribution in [-0.2, 0) is 0 Å². The predicted molar refractivity (Wildman–Crippen MR) is 58.7 cm³/mol. The summed E-state index contributed by atoms with van der Waals surface area (Å²) in [5.41, 5.74) is 5.51. The summed E-state index contributed by atoms with van der Waals surface area (Å²) in [7, 11) is 0. The third-order valence-electron chi connectivity index (χ3n) is 3.52. The summed E-state index contributed by atoms with van der Waals surface area (Å²) in [4.78, 5) is 3.26. The molecule has 2 unspecified atom stereocenters. The van der Waals surface area contributed by atoms with Crippen LogP contribution in [0.1, 0.15) is 32.1 Å². The van der Waals surface area contributed by atoms with E-state index in [0.29, 0.717) is 4.99 Å². The Hall–Kier alpha value is -0.150. The minimum absolute atomic E-state index is 0.668. The van der Waals surface area contributed by atoms with Crippen LogP contribution in [-0.4, -0.2) is 29.0 Å². The van der Waals surface area contributed by atoms with Gasteiger partial charge in [0.1, 0.15) is 0 Å². The molecule has 0 amide bonds. The first-order valence-electron chi connectivity index (χ1n) is 5.30. The maximum Gasteiger partial charge on any atom is 0.0740 e. The van der Waals surface area contributed by atoms with Crippen molar-refractivity contribution in [1.82, 2.24) is 4.90 Å². The molecule has 2 fully saturated rings. The normalized spacial score (nSPS) is 33.5. The molecule has 1 saturated heterocycles. The van der Waals surface area contributed by atoms with E-state index >= 15 is 0 Å². The Morgan fingerprint density at radius 3 is 3.00 bits per heavy atom. The van der Waals surface area contributed by atoms with Crippen LogP contribution in [0.2, 0.25) is 0 Å². The number of nitrogens with two attached hydrogens (primary N) is 1. The van der Waals surface area contributed by atoms with Gasteiger partial charge < -0.3 is 5.73 Å². The fraction of sp³-hybridized carbons (Fsp3) is 0.900. The molecular weight excluding hydrogens is 180 g/mol. The lowest BCUT2D eigenvalue weighted by Crippen LogP contribution is -2.32. The Kier molecular flexibility index (Phi) is 2.84. The molecule has 0 aromatic heterocycles. The van der Waals surface area contributed by atoms with Crippen LogP contribution in [0.3, 0.4) is 0 Å². The molecule has 1 aliphatic carbocycles. The first kappa shape index (κ1) is 9.41. The molecule has 0 radical (unpaired) electrons. The maximum absolute atomic E-state index is 5.51. The molecule has 2 nitrogen and oxygen atoms in total. The minimum Gasteiger partial charge on any atom is -0.393 e. The van der Waals surface area contributed by atoms with E-state index in [1.54, 1.807) is 0 Å². The Bertz CT molecular complexity index is 205. The summed E-state index contributed by atoms with van der Waals surface area (Å²) in [5, 5.41) is 0.